The summed E-state index contributed by atoms with van der Waals surface area (Å²) in [5.41, 5.74) is 0.966. The van der Waals surface area contributed by atoms with Gasteiger partial charge in [0.1, 0.15) is 0 Å². The number of nitriles is 1. The molecule has 102 valence electrons. The molecule has 1 heterocycles. The molecule has 1 aliphatic rings. The van der Waals surface area contributed by atoms with E-state index >= 15 is 0 Å². The maximum Gasteiger partial charge on any atom is 0.243 e. The summed E-state index contributed by atoms with van der Waals surface area (Å²) < 4.78 is 26.4. The molecular formula is C13H16N2O3S. The third kappa shape index (κ3) is 2.63. The van der Waals surface area contributed by atoms with Crippen LogP contribution in [0, 0.1) is 24.2 Å². The van der Waals surface area contributed by atoms with Gasteiger partial charge in [0.15, 0.2) is 0 Å². The highest BCUT2D eigenvalue weighted by atomic mass is 32.2. The van der Waals surface area contributed by atoms with Gasteiger partial charge in [0.2, 0.25) is 10.0 Å². The minimum atomic E-state index is -3.57. The van der Waals surface area contributed by atoms with E-state index in [2.05, 4.69) is 0 Å². The summed E-state index contributed by atoms with van der Waals surface area (Å²) in [5, 5.41) is 18.0. The first-order valence-electron chi connectivity index (χ1n) is 6.11. The van der Waals surface area contributed by atoms with Gasteiger partial charge in [0.05, 0.1) is 16.5 Å². The molecule has 0 amide bonds. The standard InChI is InChI=1S/C13H16N2O3S/c1-10-2-3-11(7-14)6-13(10)19(17,18)15-5-4-12(8-15)9-16/h2-3,6,12,16H,4-5,8-9H2,1H3. The van der Waals surface area contributed by atoms with E-state index in [1.807, 2.05) is 6.07 Å². The van der Waals surface area contributed by atoms with Crippen molar-refractivity contribution < 1.29 is 13.5 Å². The molecule has 0 radical (unpaired) electrons. The van der Waals surface area contributed by atoms with Gasteiger partial charge in [0, 0.05) is 19.7 Å². The molecule has 1 aromatic carbocycles. The molecule has 1 aliphatic heterocycles. The van der Waals surface area contributed by atoms with E-state index in [0.717, 1.165) is 0 Å². The molecule has 6 heteroatoms. The monoisotopic (exact) mass is 280 g/mol. The van der Waals surface area contributed by atoms with Crippen LogP contribution in [0.1, 0.15) is 17.5 Å². The average molecular weight is 280 g/mol. The van der Waals surface area contributed by atoms with Gasteiger partial charge in [-0.1, -0.05) is 6.07 Å². The predicted octanol–water partition coefficient (Wildman–Crippen LogP) is 0.870. The number of aryl methyl sites for hydroxylation is 1. The second-order valence-electron chi connectivity index (χ2n) is 4.79. The summed E-state index contributed by atoms with van der Waals surface area (Å²) in [6, 6.07) is 6.62. The Balaban J connectivity index is 2.38. The van der Waals surface area contributed by atoms with E-state index in [9.17, 15) is 8.42 Å². The van der Waals surface area contributed by atoms with Crippen LogP contribution in [0.5, 0.6) is 0 Å². The lowest BCUT2D eigenvalue weighted by Crippen LogP contribution is -2.29. The number of rotatable bonds is 3. The number of hydrogen-bond acceptors (Lipinski definition) is 4. The first-order valence-corrected chi connectivity index (χ1v) is 7.55. The van der Waals surface area contributed by atoms with E-state index in [-0.39, 0.29) is 17.4 Å². The van der Waals surface area contributed by atoms with Crippen LogP contribution < -0.4 is 0 Å². The normalized spacial score (nSPS) is 20.4. The van der Waals surface area contributed by atoms with Gasteiger partial charge in [-0.3, -0.25) is 0 Å². The molecule has 0 saturated carbocycles. The first-order chi connectivity index (χ1) is 8.98. The Hall–Kier alpha value is -1.42. The summed E-state index contributed by atoms with van der Waals surface area (Å²) in [7, 11) is -3.57. The fourth-order valence-corrected chi connectivity index (χ4v) is 4.03. The van der Waals surface area contributed by atoms with E-state index < -0.39 is 10.0 Å². The van der Waals surface area contributed by atoms with Gasteiger partial charge in [-0.25, -0.2) is 8.42 Å². The SMILES string of the molecule is Cc1ccc(C#N)cc1S(=O)(=O)N1CCC(CO)C1. The Morgan fingerprint density at radius 3 is 2.84 bits per heavy atom. The van der Waals surface area contributed by atoms with E-state index in [4.69, 9.17) is 10.4 Å². The maximum absolute atomic E-state index is 12.5. The van der Waals surface area contributed by atoms with Gasteiger partial charge in [-0.2, -0.15) is 9.57 Å². The van der Waals surface area contributed by atoms with Crippen molar-refractivity contribution in [3.8, 4) is 6.07 Å². The molecule has 19 heavy (non-hydrogen) atoms. The molecular weight excluding hydrogens is 264 g/mol. The summed E-state index contributed by atoms with van der Waals surface area (Å²) in [4.78, 5) is 0.185. The largest absolute Gasteiger partial charge is 0.396 e. The summed E-state index contributed by atoms with van der Waals surface area (Å²) >= 11 is 0. The average Bonchev–Trinajstić information content (AvgIpc) is 2.88. The lowest BCUT2D eigenvalue weighted by molar-refractivity contribution is 0.233. The molecule has 1 aromatic rings. The van der Waals surface area contributed by atoms with Crippen LogP contribution in [0.3, 0.4) is 0 Å². The molecule has 0 aromatic heterocycles. The number of sulfonamides is 1. The molecule has 1 fully saturated rings. The van der Waals surface area contributed by atoms with Gasteiger partial charge in [-0.15, -0.1) is 0 Å². The molecule has 2 rings (SSSR count). The number of hydrogen-bond donors (Lipinski definition) is 1. The number of aliphatic hydroxyl groups excluding tert-OH is 1. The van der Waals surface area contributed by atoms with Crippen LogP contribution in [0.15, 0.2) is 23.1 Å². The van der Waals surface area contributed by atoms with Gasteiger partial charge >= 0.3 is 0 Å². The number of benzene rings is 1. The Morgan fingerprint density at radius 1 is 1.53 bits per heavy atom. The van der Waals surface area contributed by atoms with Crippen molar-refractivity contribution in [1.29, 1.82) is 5.26 Å². The molecule has 5 nitrogen and oxygen atoms in total. The maximum atomic E-state index is 12.5. The first kappa shape index (κ1) is 14.0. The van der Waals surface area contributed by atoms with Crippen molar-refractivity contribution in [3.63, 3.8) is 0 Å². The Labute approximate surface area is 113 Å². The second-order valence-corrected chi connectivity index (χ2v) is 6.70. The van der Waals surface area contributed by atoms with Crippen molar-refractivity contribution >= 4 is 10.0 Å². The van der Waals surface area contributed by atoms with Crippen molar-refractivity contribution in [2.75, 3.05) is 19.7 Å². The van der Waals surface area contributed by atoms with Gasteiger partial charge < -0.3 is 5.11 Å². The van der Waals surface area contributed by atoms with Crippen LogP contribution in [-0.2, 0) is 10.0 Å². The zero-order chi connectivity index (χ0) is 14.0. The van der Waals surface area contributed by atoms with Crippen LogP contribution in [0.2, 0.25) is 0 Å². The minimum absolute atomic E-state index is 0.00321. The number of nitrogens with zero attached hydrogens (tertiary/aromatic N) is 2. The van der Waals surface area contributed by atoms with Crippen LogP contribution in [0.4, 0.5) is 0 Å². The summed E-state index contributed by atoms with van der Waals surface area (Å²) in [6.45, 7) is 2.48. The van der Waals surface area contributed by atoms with E-state index in [0.29, 0.717) is 30.6 Å². The molecule has 1 unspecified atom stereocenters. The topological polar surface area (TPSA) is 81.4 Å². The minimum Gasteiger partial charge on any atom is -0.396 e. The number of aliphatic hydroxyl groups is 1. The Morgan fingerprint density at radius 2 is 2.26 bits per heavy atom. The second kappa shape index (κ2) is 5.29. The third-order valence-corrected chi connectivity index (χ3v) is 5.45. The van der Waals surface area contributed by atoms with E-state index in [1.54, 1.807) is 19.1 Å². The van der Waals surface area contributed by atoms with Crippen molar-refractivity contribution in [2.24, 2.45) is 5.92 Å². The molecule has 0 bridgehead atoms. The van der Waals surface area contributed by atoms with E-state index in [1.165, 1.54) is 10.4 Å². The van der Waals surface area contributed by atoms with Crippen molar-refractivity contribution in [1.82, 2.24) is 4.31 Å². The fourth-order valence-electron chi connectivity index (χ4n) is 2.25. The Kier molecular flexibility index (Phi) is 3.90. The fraction of sp³-hybridized carbons (Fsp3) is 0.462. The van der Waals surface area contributed by atoms with Gasteiger partial charge in [-0.05, 0) is 37.0 Å². The van der Waals surface area contributed by atoms with Gasteiger partial charge in [0.25, 0.3) is 0 Å². The molecule has 1 saturated heterocycles. The van der Waals surface area contributed by atoms with Crippen LogP contribution >= 0.6 is 0 Å². The van der Waals surface area contributed by atoms with Crippen molar-refractivity contribution in [3.05, 3.63) is 29.3 Å². The smallest absolute Gasteiger partial charge is 0.243 e. The molecule has 1 atom stereocenters. The lowest BCUT2D eigenvalue weighted by atomic mass is 10.1. The lowest BCUT2D eigenvalue weighted by Gasteiger charge is -2.17. The van der Waals surface area contributed by atoms with Crippen LogP contribution in [0.25, 0.3) is 0 Å². The molecule has 1 N–H and O–H groups in total. The Bertz CT molecular complexity index is 619. The molecule has 0 aliphatic carbocycles. The van der Waals surface area contributed by atoms with Crippen molar-refractivity contribution in [2.45, 2.75) is 18.2 Å². The summed E-state index contributed by atoms with van der Waals surface area (Å²) in [6.07, 6.45) is 0.673. The zero-order valence-corrected chi connectivity index (χ0v) is 11.5. The summed E-state index contributed by atoms with van der Waals surface area (Å²) in [5.74, 6) is 0.00855. The third-order valence-electron chi connectivity index (χ3n) is 3.44. The highest BCUT2D eigenvalue weighted by Gasteiger charge is 2.33. The predicted molar refractivity (Wildman–Crippen MR) is 69.8 cm³/mol. The molecule has 0 spiro atoms. The quantitative estimate of drug-likeness (QED) is 0.890. The highest BCUT2D eigenvalue weighted by Crippen LogP contribution is 2.26. The zero-order valence-electron chi connectivity index (χ0n) is 10.7. The van der Waals surface area contributed by atoms with Crippen LogP contribution in [-0.4, -0.2) is 37.5 Å². The highest BCUT2D eigenvalue weighted by molar-refractivity contribution is 7.89.